The third-order valence-electron chi connectivity index (χ3n) is 5.34. The Morgan fingerprint density at radius 3 is 2.45 bits per heavy atom. The first-order valence-electron chi connectivity index (χ1n) is 10.1. The van der Waals surface area contributed by atoms with E-state index >= 15 is 0 Å². The zero-order valence-electron chi connectivity index (χ0n) is 17.0. The van der Waals surface area contributed by atoms with E-state index in [0.717, 1.165) is 43.3 Å². The number of anilines is 1. The van der Waals surface area contributed by atoms with E-state index in [4.69, 9.17) is 14.4 Å². The van der Waals surface area contributed by atoms with Crippen molar-refractivity contribution >= 4 is 11.7 Å². The fraction of sp³-hybridized carbons (Fsp3) is 0.348. The topological polar surface area (TPSA) is 62.5 Å². The summed E-state index contributed by atoms with van der Waals surface area (Å²) in [6.45, 7) is 6.87. The number of hydrogen-bond donors (Lipinski definition) is 0. The number of nitrogens with zero attached hydrogens (tertiary/aromatic N) is 4. The number of piperazine rings is 1. The molecular weight excluding hydrogens is 364 g/mol. The van der Waals surface area contributed by atoms with Crippen LogP contribution in [-0.4, -0.2) is 47.0 Å². The Balaban J connectivity index is 1.56. The van der Waals surface area contributed by atoms with Crippen molar-refractivity contribution in [2.24, 2.45) is 0 Å². The van der Waals surface area contributed by atoms with Gasteiger partial charge in [-0.1, -0.05) is 37.3 Å². The second-order valence-electron chi connectivity index (χ2n) is 7.29. The maximum absolute atomic E-state index is 12.6. The van der Waals surface area contributed by atoms with E-state index in [1.807, 2.05) is 17.9 Å². The summed E-state index contributed by atoms with van der Waals surface area (Å²) < 4.78 is 5.27. The number of carbonyl (C=O) groups is 1. The summed E-state index contributed by atoms with van der Waals surface area (Å²) in [5, 5.41) is 0. The van der Waals surface area contributed by atoms with Gasteiger partial charge in [0.2, 0.25) is 0 Å². The number of benzene rings is 1. The van der Waals surface area contributed by atoms with Crippen LogP contribution in [0.4, 0.5) is 5.82 Å². The summed E-state index contributed by atoms with van der Waals surface area (Å²) >= 11 is 0. The smallest absolute Gasteiger partial charge is 0.289 e. The van der Waals surface area contributed by atoms with E-state index < -0.39 is 0 Å². The lowest BCUT2D eigenvalue weighted by molar-refractivity contribution is 0.0714. The van der Waals surface area contributed by atoms with Crippen LogP contribution in [0.2, 0.25) is 0 Å². The highest BCUT2D eigenvalue weighted by Gasteiger charge is 2.26. The van der Waals surface area contributed by atoms with Crippen LogP contribution >= 0.6 is 0 Å². The van der Waals surface area contributed by atoms with Gasteiger partial charge in [0.25, 0.3) is 5.91 Å². The third kappa shape index (κ3) is 4.16. The molecule has 6 nitrogen and oxygen atoms in total. The van der Waals surface area contributed by atoms with E-state index in [9.17, 15) is 4.79 Å². The predicted molar refractivity (Wildman–Crippen MR) is 112 cm³/mol. The summed E-state index contributed by atoms with van der Waals surface area (Å²) in [7, 11) is 0. The number of amides is 1. The molecule has 29 heavy (non-hydrogen) atoms. The van der Waals surface area contributed by atoms with Crippen molar-refractivity contribution in [2.45, 2.75) is 26.7 Å². The van der Waals surface area contributed by atoms with Crippen LogP contribution in [0.3, 0.4) is 0 Å². The van der Waals surface area contributed by atoms with Crippen LogP contribution in [0.15, 0.2) is 53.1 Å². The standard InChI is InChI=1S/C23H26N4O2/c1-3-20-19(16-18-8-5-4-6-9-18)22(25-17(2)24-20)26-11-13-27(14-12-26)23(28)21-10-7-15-29-21/h4-10,15H,3,11-14,16H2,1-2H3. The normalized spacial score (nSPS) is 14.3. The molecule has 0 radical (unpaired) electrons. The van der Waals surface area contributed by atoms with E-state index in [1.165, 1.54) is 17.4 Å². The van der Waals surface area contributed by atoms with Crippen molar-refractivity contribution in [1.29, 1.82) is 0 Å². The van der Waals surface area contributed by atoms with Gasteiger partial charge >= 0.3 is 0 Å². The number of carbonyl (C=O) groups excluding carboxylic acids is 1. The minimum atomic E-state index is -0.0488. The Morgan fingerprint density at radius 2 is 1.79 bits per heavy atom. The highest BCUT2D eigenvalue weighted by molar-refractivity contribution is 5.91. The molecular formula is C23H26N4O2. The molecule has 1 fully saturated rings. The molecule has 0 saturated carbocycles. The van der Waals surface area contributed by atoms with E-state index in [1.54, 1.807) is 12.1 Å². The highest BCUT2D eigenvalue weighted by Crippen LogP contribution is 2.26. The minimum absolute atomic E-state index is 0.0488. The van der Waals surface area contributed by atoms with Crippen LogP contribution in [-0.2, 0) is 12.8 Å². The van der Waals surface area contributed by atoms with E-state index in [-0.39, 0.29) is 5.91 Å². The quantitative estimate of drug-likeness (QED) is 0.667. The summed E-state index contributed by atoms with van der Waals surface area (Å²) in [6.07, 6.45) is 3.22. The molecule has 0 unspecified atom stereocenters. The molecule has 1 aliphatic heterocycles. The Bertz CT molecular complexity index is 962. The van der Waals surface area contributed by atoms with Gasteiger partial charge in [0, 0.05) is 43.9 Å². The molecule has 0 spiro atoms. The Kier molecular flexibility index (Phi) is 5.60. The predicted octanol–water partition coefficient (Wildman–Crippen LogP) is 3.49. The minimum Gasteiger partial charge on any atom is -0.459 e. The van der Waals surface area contributed by atoms with E-state index in [2.05, 4.69) is 36.1 Å². The van der Waals surface area contributed by atoms with Crippen molar-refractivity contribution < 1.29 is 9.21 Å². The molecule has 1 saturated heterocycles. The molecule has 1 aliphatic rings. The van der Waals surface area contributed by atoms with Gasteiger partial charge < -0.3 is 14.2 Å². The summed E-state index contributed by atoms with van der Waals surface area (Å²) in [5.41, 5.74) is 3.54. The molecule has 4 rings (SSSR count). The monoisotopic (exact) mass is 390 g/mol. The molecule has 2 aromatic heterocycles. The molecule has 3 heterocycles. The van der Waals surface area contributed by atoms with Crippen LogP contribution in [0.25, 0.3) is 0 Å². The molecule has 0 atom stereocenters. The zero-order chi connectivity index (χ0) is 20.2. The fourth-order valence-corrected chi connectivity index (χ4v) is 3.85. The molecule has 6 heteroatoms. The third-order valence-corrected chi connectivity index (χ3v) is 5.34. The molecule has 0 N–H and O–H groups in total. The lowest BCUT2D eigenvalue weighted by atomic mass is 10.0. The first kappa shape index (κ1) is 19.2. The van der Waals surface area contributed by atoms with Gasteiger partial charge in [0.1, 0.15) is 11.6 Å². The fourth-order valence-electron chi connectivity index (χ4n) is 3.85. The zero-order valence-corrected chi connectivity index (χ0v) is 17.0. The van der Waals surface area contributed by atoms with Crippen molar-refractivity contribution in [1.82, 2.24) is 14.9 Å². The second kappa shape index (κ2) is 8.47. The lowest BCUT2D eigenvalue weighted by Crippen LogP contribution is -2.49. The van der Waals surface area contributed by atoms with E-state index in [0.29, 0.717) is 18.8 Å². The van der Waals surface area contributed by atoms with Gasteiger partial charge in [-0.05, 0) is 31.0 Å². The molecule has 150 valence electrons. The highest BCUT2D eigenvalue weighted by atomic mass is 16.3. The summed E-state index contributed by atoms with van der Waals surface area (Å²) in [5.74, 6) is 2.15. The lowest BCUT2D eigenvalue weighted by Gasteiger charge is -2.36. The summed E-state index contributed by atoms with van der Waals surface area (Å²) in [4.78, 5) is 26.2. The first-order valence-corrected chi connectivity index (χ1v) is 10.1. The van der Waals surface area contributed by atoms with Crippen molar-refractivity contribution in [3.8, 4) is 0 Å². The van der Waals surface area contributed by atoms with Crippen molar-refractivity contribution in [2.75, 3.05) is 31.1 Å². The Hall–Kier alpha value is -3.15. The molecule has 1 amide bonds. The second-order valence-corrected chi connectivity index (χ2v) is 7.29. The largest absolute Gasteiger partial charge is 0.459 e. The number of aryl methyl sites for hydroxylation is 2. The first-order chi connectivity index (χ1) is 14.2. The molecule has 0 bridgehead atoms. The van der Waals surface area contributed by atoms with Gasteiger partial charge in [0.15, 0.2) is 5.76 Å². The SMILES string of the molecule is CCc1nc(C)nc(N2CCN(C(=O)c3ccco3)CC2)c1Cc1ccccc1. The Morgan fingerprint density at radius 1 is 1.03 bits per heavy atom. The van der Waals surface area contributed by atoms with Crippen molar-refractivity contribution in [3.63, 3.8) is 0 Å². The van der Waals surface area contributed by atoms with Gasteiger partial charge in [-0.15, -0.1) is 0 Å². The number of rotatable bonds is 5. The van der Waals surface area contributed by atoms with Gasteiger partial charge in [0.05, 0.1) is 6.26 Å². The molecule has 0 aliphatic carbocycles. The number of aromatic nitrogens is 2. The molecule has 3 aromatic rings. The van der Waals surface area contributed by atoms with Gasteiger partial charge in [-0.3, -0.25) is 4.79 Å². The van der Waals surface area contributed by atoms with Crippen LogP contribution in [0, 0.1) is 6.92 Å². The average Bonchev–Trinajstić information content (AvgIpc) is 3.30. The van der Waals surface area contributed by atoms with Crippen LogP contribution < -0.4 is 4.90 Å². The average molecular weight is 390 g/mol. The van der Waals surface area contributed by atoms with Gasteiger partial charge in [-0.25, -0.2) is 9.97 Å². The maximum atomic E-state index is 12.6. The maximum Gasteiger partial charge on any atom is 0.289 e. The Labute approximate surface area is 171 Å². The van der Waals surface area contributed by atoms with Crippen LogP contribution in [0.1, 0.15) is 40.1 Å². The molecule has 1 aromatic carbocycles. The number of furan rings is 1. The van der Waals surface area contributed by atoms with Crippen LogP contribution in [0.5, 0.6) is 0 Å². The summed E-state index contributed by atoms with van der Waals surface area (Å²) in [6, 6.07) is 13.9. The number of hydrogen-bond acceptors (Lipinski definition) is 5. The van der Waals surface area contributed by atoms with Gasteiger partial charge in [-0.2, -0.15) is 0 Å². The van der Waals surface area contributed by atoms with Crippen molar-refractivity contribution in [3.05, 3.63) is 77.1 Å².